The number of piperidine rings is 1. The minimum Gasteiger partial charge on any atom is -0.388 e. The average molecular weight is 382 g/mol. The minimum absolute atomic E-state index is 0.0588. The van der Waals surface area contributed by atoms with Crippen molar-refractivity contribution in [2.24, 2.45) is 5.92 Å². The first kappa shape index (κ1) is 20.2. The van der Waals surface area contributed by atoms with E-state index >= 15 is 0 Å². The molecular weight excluding hydrogens is 350 g/mol. The molecule has 0 bridgehead atoms. The monoisotopic (exact) mass is 381 g/mol. The molecule has 0 aromatic heterocycles. The SMILES string of the molecule is Cc1cc(N(C)C)cc(C)c1NC(=O)N1CCC([C@@H](O)c2ccccc2)CC1. The maximum atomic E-state index is 12.8. The number of aliphatic hydroxyl groups excluding tert-OH is 1. The van der Waals surface area contributed by atoms with E-state index in [0.29, 0.717) is 13.1 Å². The fourth-order valence-corrected chi connectivity index (χ4v) is 3.92. The van der Waals surface area contributed by atoms with Crippen molar-refractivity contribution in [3.05, 3.63) is 59.2 Å². The first-order valence-corrected chi connectivity index (χ1v) is 9.94. The van der Waals surface area contributed by atoms with Crippen LogP contribution < -0.4 is 10.2 Å². The number of amides is 2. The maximum Gasteiger partial charge on any atom is 0.321 e. The zero-order chi connectivity index (χ0) is 20.3. The van der Waals surface area contributed by atoms with Crippen LogP contribution in [0.1, 0.15) is 35.6 Å². The molecule has 2 aromatic rings. The van der Waals surface area contributed by atoms with Crippen LogP contribution in [0, 0.1) is 19.8 Å². The van der Waals surface area contributed by atoms with Crippen molar-refractivity contribution in [2.45, 2.75) is 32.8 Å². The largest absolute Gasteiger partial charge is 0.388 e. The van der Waals surface area contributed by atoms with Gasteiger partial charge in [0, 0.05) is 38.6 Å². The lowest BCUT2D eigenvalue weighted by atomic mass is 9.87. The van der Waals surface area contributed by atoms with Crippen molar-refractivity contribution >= 4 is 17.4 Å². The van der Waals surface area contributed by atoms with Crippen molar-refractivity contribution < 1.29 is 9.90 Å². The molecule has 1 aliphatic heterocycles. The highest BCUT2D eigenvalue weighted by molar-refractivity contribution is 5.91. The van der Waals surface area contributed by atoms with Crippen LogP contribution in [0.3, 0.4) is 0 Å². The standard InChI is InChI=1S/C23H31N3O2/c1-16-14-20(25(3)4)15-17(2)21(16)24-23(28)26-12-10-19(11-13-26)22(27)18-8-6-5-7-9-18/h5-9,14-15,19,22,27H,10-13H2,1-4H3,(H,24,28)/t22-/m0/s1. The summed E-state index contributed by atoms with van der Waals surface area (Å²) in [6.45, 7) is 5.37. The van der Waals surface area contributed by atoms with Crippen LogP contribution in [0.5, 0.6) is 0 Å². The Morgan fingerprint density at radius 1 is 1.11 bits per heavy atom. The summed E-state index contributed by atoms with van der Waals surface area (Å²) >= 11 is 0. The molecule has 5 heteroatoms. The Morgan fingerprint density at radius 3 is 2.21 bits per heavy atom. The van der Waals surface area contributed by atoms with Crippen molar-refractivity contribution in [3.63, 3.8) is 0 Å². The number of aryl methyl sites for hydroxylation is 2. The van der Waals surface area contributed by atoms with E-state index in [1.165, 1.54) is 0 Å². The number of nitrogens with zero attached hydrogens (tertiary/aromatic N) is 2. The molecule has 2 aromatic carbocycles. The summed E-state index contributed by atoms with van der Waals surface area (Å²) < 4.78 is 0. The topological polar surface area (TPSA) is 55.8 Å². The van der Waals surface area contributed by atoms with Gasteiger partial charge in [0.25, 0.3) is 0 Å². The van der Waals surface area contributed by atoms with E-state index in [0.717, 1.165) is 40.9 Å². The number of anilines is 2. The number of carbonyl (C=O) groups is 1. The molecule has 3 rings (SSSR count). The lowest BCUT2D eigenvalue weighted by Crippen LogP contribution is -2.42. The summed E-state index contributed by atoms with van der Waals surface area (Å²) in [5.41, 5.74) is 5.10. The van der Waals surface area contributed by atoms with Crippen molar-refractivity contribution in [3.8, 4) is 0 Å². The molecular formula is C23H31N3O2. The molecule has 150 valence electrons. The lowest BCUT2D eigenvalue weighted by Gasteiger charge is -2.34. The van der Waals surface area contributed by atoms with Gasteiger partial charge < -0.3 is 20.2 Å². The number of carbonyl (C=O) groups excluding carboxylic acids is 1. The predicted molar refractivity (Wildman–Crippen MR) is 115 cm³/mol. The number of hydrogen-bond acceptors (Lipinski definition) is 3. The van der Waals surface area contributed by atoms with Crippen molar-refractivity contribution in [1.29, 1.82) is 0 Å². The van der Waals surface area contributed by atoms with Gasteiger partial charge in [-0.3, -0.25) is 0 Å². The Kier molecular flexibility index (Phi) is 6.25. The molecule has 2 N–H and O–H groups in total. The normalized spacial score (nSPS) is 16.0. The molecule has 1 aliphatic rings. The van der Waals surface area contributed by atoms with Crippen LogP contribution in [0.2, 0.25) is 0 Å². The number of urea groups is 1. The fraction of sp³-hybridized carbons (Fsp3) is 0.435. The summed E-state index contributed by atoms with van der Waals surface area (Å²) in [5, 5.41) is 13.7. The van der Waals surface area contributed by atoms with Gasteiger partial charge in [-0.15, -0.1) is 0 Å². The first-order valence-electron chi connectivity index (χ1n) is 9.94. The molecule has 1 heterocycles. The van der Waals surface area contributed by atoms with E-state index in [1.54, 1.807) is 0 Å². The highest BCUT2D eigenvalue weighted by Gasteiger charge is 2.28. The van der Waals surface area contributed by atoms with Crippen molar-refractivity contribution in [2.75, 3.05) is 37.4 Å². The molecule has 2 amide bonds. The molecule has 0 saturated carbocycles. The number of rotatable bonds is 4. The third-order valence-corrected chi connectivity index (χ3v) is 5.68. The summed E-state index contributed by atoms with van der Waals surface area (Å²) in [7, 11) is 4.03. The van der Waals surface area contributed by atoms with Gasteiger partial charge in [0.1, 0.15) is 0 Å². The van der Waals surface area contributed by atoms with Gasteiger partial charge in [0.15, 0.2) is 0 Å². The second-order valence-corrected chi connectivity index (χ2v) is 7.96. The van der Waals surface area contributed by atoms with Gasteiger partial charge in [-0.25, -0.2) is 4.79 Å². The van der Waals surface area contributed by atoms with Crippen LogP contribution in [0.15, 0.2) is 42.5 Å². The Bertz CT molecular complexity index is 789. The zero-order valence-corrected chi connectivity index (χ0v) is 17.3. The van der Waals surface area contributed by atoms with Gasteiger partial charge in [0.2, 0.25) is 0 Å². The van der Waals surface area contributed by atoms with Gasteiger partial charge in [0.05, 0.1) is 6.10 Å². The van der Waals surface area contributed by atoms with Gasteiger partial charge >= 0.3 is 6.03 Å². The zero-order valence-electron chi connectivity index (χ0n) is 17.3. The third kappa shape index (κ3) is 4.47. The smallest absolute Gasteiger partial charge is 0.321 e. The summed E-state index contributed by atoms with van der Waals surface area (Å²) in [6.07, 6.45) is 1.15. The quantitative estimate of drug-likeness (QED) is 0.828. The van der Waals surface area contributed by atoms with Crippen LogP contribution in [0.25, 0.3) is 0 Å². The van der Waals surface area contributed by atoms with Crippen LogP contribution in [-0.4, -0.2) is 43.2 Å². The number of likely N-dealkylation sites (tertiary alicyclic amines) is 1. The summed E-state index contributed by atoms with van der Waals surface area (Å²) in [6, 6.07) is 13.9. The van der Waals surface area contributed by atoms with E-state index in [4.69, 9.17) is 0 Å². The Hall–Kier alpha value is -2.53. The summed E-state index contributed by atoms with van der Waals surface area (Å²) in [4.78, 5) is 16.7. The van der Waals surface area contributed by atoms with Crippen LogP contribution in [0.4, 0.5) is 16.2 Å². The van der Waals surface area contributed by atoms with E-state index in [-0.39, 0.29) is 11.9 Å². The molecule has 0 unspecified atom stereocenters. The third-order valence-electron chi connectivity index (χ3n) is 5.68. The minimum atomic E-state index is -0.463. The number of nitrogens with one attached hydrogen (secondary N) is 1. The van der Waals surface area contributed by atoms with Crippen LogP contribution >= 0.6 is 0 Å². The van der Waals surface area contributed by atoms with E-state index in [1.807, 2.05) is 63.2 Å². The van der Waals surface area contributed by atoms with Gasteiger partial charge in [-0.05, 0) is 61.4 Å². The lowest BCUT2D eigenvalue weighted by molar-refractivity contribution is 0.0683. The van der Waals surface area contributed by atoms with Crippen LogP contribution in [-0.2, 0) is 0 Å². The first-order chi connectivity index (χ1) is 13.4. The molecule has 0 radical (unpaired) electrons. The van der Waals surface area contributed by atoms with Gasteiger partial charge in [-0.2, -0.15) is 0 Å². The maximum absolute atomic E-state index is 12.8. The van der Waals surface area contributed by atoms with Gasteiger partial charge in [-0.1, -0.05) is 30.3 Å². The number of benzene rings is 2. The Labute approximate surface area is 168 Å². The second kappa shape index (κ2) is 8.65. The Balaban J connectivity index is 1.60. The Morgan fingerprint density at radius 2 is 1.68 bits per heavy atom. The number of aliphatic hydroxyl groups is 1. The molecule has 1 atom stereocenters. The van der Waals surface area contributed by atoms with Crippen molar-refractivity contribution in [1.82, 2.24) is 4.90 Å². The molecule has 0 spiro atoms. The van der Waals surface area contributed by atoms with E-state index in [2.05, 4.69) is 22.3 Å². The molecule has 5 nitrogen and oxygen atoms in total. The summed E-state index contributed by atoms with van der Waals surface area (Å²) in [5.74, 6) is 0.189. The molecule has 0 aliphatic carbocycles. The fourth-order valence-electron chi connectivity index (χ4n) is 3.92. The van der Waals surface area contributed by atoms with E-state index in [9.17, 15) is 9.90 Å². The number of hydrogen-bond donors (Lipinski definition) is 2. The second-order valence-electron chi connectivity index (χ2n) is 7.96. The highest BCUT2D eigenvalue weighted by atomic mass is 16.3. The molecule has 1 saturated heterocycles. The van der Waals surface area contributed by atoms with E-state index < -0.39 is 6.10 Å². The highest BCUT2D eigenvalue weighted by Crippen LogP contribution is 2.31. The average Bonchev–Trinajstić information content (AvgIpc) is 2.70. The molecule has 28 heavy (non-hydrogen) atoms. The molecule has 1 fully saturated rings. The predicted octanol–water partition coefficient (Wildman–Crippen LogP) is 4.35.